The van der Waals surface area contributed by atoms with Crippen molar-refractivity contribution in [1.82, 2.24) is 24.4 Å². The first kappa shape index (κ1) is 42.8. The molecule has 0 bridgehead atoms. The summed E-state index contributed by atoms with van der Waals surface area (Å²) < 4.78 is 65.4. The molecule has 0 spiro atoms. The standard InChI is InChI=1S/C29H38N6O20P2/c1-2-12-23(20(40)26(52-12)35-8-6-17(37)33-29(35)44)54-57(47,48)50-10-14-24(21(41)27(53-14)34-7-5-15(30)31-28(34)43)55-56(45,46)49-9-13-18(38)19(39)22(51-13)11-3-4-16(36)32-25(11)42/h3-8,11-14,18-24,26-27,38-41H,2,9-10H2,1H3,(H,45,46)(H,47,48)(H2,30,31,43)(H,32,36,42)(H,33,37,44)/t11?,12-,13-,14-,18-,19-,20-,21-,22+,23-,24-,26-,27-/m1/s1. The summed E-state index contributed by atoms with van der Waals surface area (Å²) in [7, 11) is -10.6. The van der Waals surface area contributed by atoms with Crippen LogP contribution in [0.3, 0.4) is 0 Å². The molecule has 3 saturated heterocycles. The third-order valence-electron chi connectivity index (χ3n) is 9.34. The van der Waals surface area contributed by atoms with Crippen LogP contribution in [0.25, 0.3) is 0 Å². The predicted molar refractivity (Wildman–Crippen MR) is 182 cm³/mol. The number of aromatic amines is 1. The van der Waals surface area contributed by atoms with Crippen molar-refractivity contribution in [2.45, 2.75) is 86.8 Å². The van der Waals surface area contributed by atoms with E-state index >= 15 is 0 Å². The smallest absolute Gasteiger partial charge is 0.388 e. The van der Waals surface area contributed by atoms with Crippen LogP contribution >= 0.6 is 15.6 Å². The number of phosphoric ester groups is 2. The number of aliphatic hydroxyl groups is 4. The summed E-state index contributed by atoms with van der Waals surface area (Å²) in [5.74, 6) is -3.00. The molecule has 6 rings (SSSR count). The Balaban J connectivity index is 1.15. The SMILES string of the molecule is CC[C@H]1O[C@@H](n2ccc(=O)[nH]c2=O)[C@H](O)[C@@H]1OP(=O)(O)OC[C@H]1O[C@@H](n2ccc(N)nc2=O)[C@H](O)[C@@H]1OP(=O)(O)OC[C@H]1O[C@@H](C2C=CC(=O)NC2=O)[C@H](O)[C@@H]1O. The van der Waals surface area contributed by atoms with E-state index in [2.05, 4.69) is 4.98 Å². The van der Waals surface area contributed by atoms with E-state index in [0.717, 1.165) is 45.8 Å². The highest BCUT2D eigenvalue weighted by Crippen LogP contribution is 2.52. The second kappa shape index (κ2) is 16.8. The summed E-state index contributed by atoms with van der Waals surface area (Å²) in [4.78, 5) is 87.1. The summed E-state index contributed by atoms with van der Waals surface area (Å²) >= 11 is 0. The Labute approximate surface area is 318 Å². The quantitative estimate of drug-likeness (QED) is 0.0640. The van der Waals surface area contributed by atoms with E-state index < -0.39 is 137 Å². The number of amides is 2. The first-order chi connectivity index (χ1) is 26.8. The van der Waals surface area contributed by atoms with E-state index in [-0.39, 0.29) is 12.2 Å². The number of phosphoric acid groups is 2. The molecule has 3 fully saturated rings. The van der Waals surface area contributed by atoms with Gasteiger partial charge in [-0.2, -0.15) is 4.98 Å². The summed E-state index contributed by atoms with van der Waals surface area (Å²) in [6, 6.07) is 2.13. The van der Waals surface area contributed by atoms with E-state index in [4.69, 9.17) is 38.0 Å². The van der Waals surface area contributed by atoms with Gasteiger partial charge in [0.25, 0.3) is 5.56 Å². The van der Waals surface area contributed by atoms with Gasteiger partial charge in [-0.3, -0.25) is 51.9 Å². The average molecular weight is 853 g/mol. The van der Waals surface area contributed by atoms with E-state index in [1.165, 1.54) is 0 Å². The fraction of sp³-hybridized carbons (Fsp3) is 0.586. The van der Waals surface area contributed by atoms with Crippen LogP contribution in [0.2, 0.25) is 0 Å². The van der Waals surface area contributed by atoms with Crippen molar-refractivity contribution in [1.29, 1.82) is 0 Å². The topological polar surface area (TPSA) is 382 Å². The van der Waals surface area contributed by atoms with Crippen molar-refractivity contribution < 1.29 is 81.2 Å². The van der Waals surface area contributed by atoms with Gasteiger partial charge in [0, 0.05) is 24.5 Å². The normalized spacial score (nSPS) is 36.2. The highest BCUT2D eigenvalue weighted by molar-refractivity contribution is 7.47. The van der Waals surface area contributed by atoms with E-state index in [1.54, 1.807) is 6.92 Å². The summed E-state index contributed by atoms with van der Waals surface area (Å²) in [6.07, 6.45) is -15.6. The summed E-state index contributed by atoms with van der Waals surface area (Å²) in [5.41, 5.74) is 2.80. The lowest BCUT2D eigenvalue weighted by atomic mass is 9.93. The fourth-order valence-electron chi connectivity index (χ4n) is 6.57. The largest absolute Gasteiger partial charge is 0.472 e. The third-order valence-corrected chi connectivity index (χ3v) is 11.3. The predicted octanol–water partition coefficient (Wildman–Crippen LogP) is -4.38. The number of aromatic nitrogens is 4. The minimum Gasteiger partial charge on any atom is -0.388 e. The van der Waals surface area contributed by atoms with Crippen LogP contribution in [0, 0.1) is 5.92 Å². The Morgan fingerprint density at radius 1 is 0.807 bits per heavy atom. The number of nitrogen functional groups attached to an aromatic ring is 1. The molecule has 26 nitrogen and oxygen atoms in total. The van der Waals surface area contributed by atoms with Crippen molar-refractivity contribution in [3.63, 3.8) is 0 Å². The molecule has 57 heavy (non-hydrogen) atoms. The van der Waals surface area contributed by atoms with Gasteiger partial charge in [0.1, 0.15) is 60.8 Å². The zero-order chi connectivity index (χ0) is 41.6. The van der Waals surface area contributed by atoms with Gasteiger partial charge in [-0.1, -0.05) is 13.0 Å². The lowest BCUT2D eigenvalue weighted by molar-refractivity contribution is -0.135. The van der Waals surface area contributed by atoms with Gasteiger partial charge >= 0.3 is 27.0 Å². The molecule has 2 aromatic rings. The van der Waals surface area contributed by atoms with Gasteiger partial charge in [-0.25, -0.2) is 18.7 Å². The number of anilines is 1. The molecule has 15 atom stereocenters. The van der Waals surface area contributed by atoms with Gasteiger partial charge in [0.15, 0.2) is 12.5 Å². The molecule has 6 heterocycles. The van der Waals surface area contributed by atoms with Crippen molar-refractivity contribution in [2.24, 2.45) is 5.92 Å². The van der Waals surface area contributed by atoms with Gasteiger partial charge in [0.05, 0.1) is 25.2 Å². The average Bonchev–Trinajstić information content (AvgIpc) is 3.71. The number of imide groups is 1. The van der Waals surface area contributed by atoms with Crippen molar-refractivity contribution in [3.05, 3.63) is 68.0 Å². The van der Waals surface area contributed by atoms with Gasteiger partial charge in [-0.05, 0) is 12.5 Å². The Kier molecular flexibility index (Phi) is 12.6. The number of H-pyrrole nitrogens is 1. The van der Waals surface area contributed by atoms with Gasteiger partial charge in [-0.15, -0.1) is 0 Å². The molecule has 10 N–H and O–H groups in total. The third kappa shape index (κ3) is 9.25. The summed E-state index contributed by atoms with van der Waals surface area (Å²) in [5, 5.41) is 45.2. The van der Waals surface area contributed by atoms with E-state index in [1.807, 2.05) is 10.3 Å². The number of hydrogen-bond acceptors (Lipinski definition) is 20. The number of nitrogens with zero attached hydrogens (tertiary/aromatic N) is 3. The fourth-order valence-corrected chi connectivity index (χ4v) is 8.50. The molecule has 0 aromatic carbocycles. The molecular formula is C29H38N6O20P2. The Morgan fingerprint density at radius 2 is 1.39 bits per heavy atom. The zero-order valence-corrected chi connectivity index (χ0v) is 31.1. The number of carbonyl (C=O) groups is 2. The Morgan fingerprint density at radius 3 is 1.98 bits per heavy atom. The maximum Gasteiger partial charge on any atom is 0.472 e. The maximum absolute atomic E-state index is 13.2. The molecule has 0 aliphatic carbocycles. The highest BCUT2D eigenvalue weighted by atomic mass is 31.2. The lowest BCUT2D eigenvalue weighted by Gasteiger charge is -2.26. The number of hydrogen-bond donors (Lipinski definition) is 9. The number of rotatable bonds is 14. The molecule has 314 valence electrons. The maximum atomic E-state index is 13.2. The second-order valence-corrected chi connectivity index (χ2v) is 15.9. The van der Waals surface area contributed by atoms with Crippen LogP contribution < -0.4 is 28.0 Å². The van der Waals surface area contributed by atoms with Crippen molar-refractivity contribution >= 4 is 33.3 Å². The molecule has 28 heteroatoms. The zero-order valence-electron chi connectivity index (χ0n) is 29.3. The van der Waals surface area contributed by atoms with Gasteiger partial charge in [0.2, 0.25) is 11.8 Å². The van der Waals surface area contributed by atoms with Crippen LogP contribution in [0.15, 0.2) is 51.1 Å². The van der Waals surface area contributed by atoms with Crippen molar-refractivity contribution in [2.75, 3.05) is 18.9 Å². The van der Waals surface area contributed by atoms with E-state index in [0.29, 0.717) is 0 Å². The number of nitrogens with one attached hydrogen (secondary N) is 2. The number of aliphatic hydroxyl groups excluding tert-OH is 4. The number of carbonyl (C=O) groups excluding carboxylic acids is 2. The van der Waals surface area contributed by atoms with E-state index in [9.17, 15) is 63.3 Å². The molecule has 4 aliphatic heterocycles. The summed E-state index contributed by atoms with van der Waals surface area (Å²) in [6.45, 7) is -0.445. The second-order valence-electron chi connectivity index (χ2n) is 13.1. The molecule has 3 unspecified atom stereocenters. The van der Waals surface area contributed by atoms with Crippen LogP contribution in [0.4, 0.5) is 5.82 Å². The molecule has 2 amide bonds. The number of ether oxygens (including phenoxy) is 3. The van der Waals surface area contributed by atoms with Gasteiger partial charge < -0.3 is 50.2 Å². The Hall–Kier alpha value is -3.82. The molecule has 2 aromatic heterocycles. The lowest BCUT2D eigenvalue weighted by Crippen LogP contribution is -2.46. The van der Waals surface area contributed by atoms with Crippen LogP contribution in [-0.2, 0) is 51.0 Å². The first-order valence-electron chi connectivity index (χ1n) is 17.0. The van der Waals surface area contributed by atoms with Crippen LogP contribution in [0.1, 0.15) is 25.8 Å². The van der Waals surface area contributed by atoms with Crippen LogP contribution in [-0.4, -0.2) is 135 Å². The highest BCUT2D eigenvalue weighted by Gasteiger charge is 2.53. The molecule has 0 saturated carbocycles. The minimum absolute atomic E-state index is 0.0819. The molecular weight excluding hydrogens is 814 g/mol. The Bertz CT molecular complexity index is 2150. The monoisotopic (exact) mass is 852 g/mol. The molecule has 4 aliphatic rings. The number of nitrogens with two attached hydrogens (primary N) is 1. The van der Waals surface area contributed by atoms with Crippen molar-refractivity contribution in [3.8, 4) is 0 Å². The molecule has 0 radical (unpaired) electrons. The minimum atomic E-state index is -5.37. The first-order valence-corrected chi connectivity index (χ1v) is 20.0. The van der Waals surface area contributed by atoms with Crippen LogP contribution in [0.5, 0.6) is 0 Å².